The van der Waals surface area contributed by atoms with Gasteiger partial charge in [0.05, 0.1) is 19.6 Å². The van der Waals surface area contributed by atoms with Gasteiger partial charge in [0.25, 0.3) is 0 Å². The Morgan fingerprint density at radius 1 is 0.926 bits per heavy atom. The maximum absolute atomic E-state index is 12.7. The Kier molecular flexibility index (Phi) is 7.29. The van der Waals surface area contributed by atoms with Crippen LogP contribution >= 0.6 is 59.4 Å². The molecule has 0 aliphatic heterocycles. The Hall–Kier alpha value is -1.16. The van der Waals surface area contributed by atoms with Gasteiger partial charge in [-0.2, -0.15) is 0 Å². The van der Waals surface area contributed by atoms with Gasteiger partial charge in [-0.05, 0) is 17.2 Å². The largest absolute Gasteiger partial charge is 0.336 e. The van der Waals surface area contributed by atoms with Gasteiger partial charge in [0.2, 0.25) is 0 Å². The summed E-state index contributed by atoms with van der Waals surface area (Å²) in [5, 5.41) is 0.373. The number of benzene rings is 1. The monoisotopic (exact) mass is 581 g/mol. The molecular formula is C17H15Br3ClN3O3. The highest BCUT2D eigenvalue weighted by molar-refractivity contribution is 9.38. The molecule has 10 heteroatoms. The fourth-order valence-electron chi connectivity index (χ4n) is 2.41. The molecule has 0 saturated carbocycles. The molecular weight excluding hydrogens is 569 g/mol. The Morgan fingerprint density at radius 3 is 1.81 bits per heavy atom. The summed E-state index contributed by atoms with van der Waals surface area (Å²) >= 11 is 16.6. The lowest BCUT2D eigenvalue weighted by molar-refractivity contribution is 0.498. The zero-order chi connectivity index (χ0) is 20.4. The molecule has 0 unspecified atom stereocenters. The van der Waals surface area contributed by atoms with Crippen LogP contribution in [0.3, 0.4) is 0 Å². The molecule has 1 heterocycles. The van der Waals surface area contributed by atoms with E-state index < -0.39 is 19.2 Å². The molecule has 27 heavy (non-hydrogen) atoms. The van der Waals surface area contributed by atoms with Crippen LogP contribution in [0.15, 0.2) is 57.9 Å². The molecule has 1 aromatic carbocycles. The van der Waals surface area contributed by atoms with Gasteiger partial charge in [-0.1, -0.05) is 83.7 Å². The first-order chi connectivity index (χ1) is 12.6. The highest BCUT2D eigenvalue weighted by Gasteiger charge is 2.22. The zero-order valence-corrected chi connectivity index (χ0v) is 19.5. The minimum atomic E-state index is -0.721. The van der Waals surface area contributed by atoms with Crippen molar-refractivity contribution in [3.8, 4) is 0 Å². The average Bonchev–Trinajstić information content (AvgIpc) is 2.59. The van der Waals surface area contributed by atoms with Crippen LogP contribution in [-0.2, 0) is 21.8 Å². The first-order valence-electron chi connectivity index (χ1n) is 7.63. The molecule has 0 atom stereocenters. The second kappa shape index (κ2) is 8.89. The van der Waals surface area contributed by atoms with E-state index >= 15 is 0 Å². The molecule has 0 fully saturated rings. The van der Waals surface area contributed by atoms with Crippen LogP contribution in [-0.4, -0.2) is 13.7 Å². The summed E-state index contributed by atoms with van der Waals surface area (Å²) in [6, 6.07) is 5.19. The van der Waals surface area contributed by atoms with Crippen molar-refractivity contribution in [3.63, 3.8) is 0 Å². The molecule has 0 radical (unpaired) electrons. The van der Waals surface area contributed by atoms with Crippen molar-refractivity contribution in [3.05, 3.63) is 91.1 Å². The smallest absolute Gasteiger partial charge is 0.247 e. The summed E-state index contributed by atoms with van der Waals surface area (Å²) in [6.07, 6.45) is 2.83. The van der Waals surface area contributed by atoms with E-state index in [1.54, 1.807) is 18.2 Å². The third kappa shape index (κ3) is 4.82. The van der Waals surface area contributed by atoms with Crippen LogP contribution in [0.5, 0.6) is 0 Å². The van der Waals surface area contributed by atoms with Gasteiger partial charge >= 0.3 is 17.1 Å². The first-order valence-corrected chi connectivity index (χ1v) is 10.4. The summed E-state index contributed by atoms with van der Waals surface area (Å²) in [4.78, 5) is 37.7. The topological polar surface area (TPSA) is 66.0 Å². The number of hydrogen-bond acceptors (Lipinski definition) is 3. The zero-order valence-electron chi connectivity index (χ0n) is 14.0. The standard InChI is InChI=1S/C17H15Br3ClN3O3/c1-3-7-22-14(25)23(8-4-2)16(27)24(15(22)26)10-11-5-6-12(9-13(11)21)17(18,19)20/h3-6,9H,1-2,7-8,10H2. The molecule has 0 N–H and O–H groups in total. The molecule has 2 rings (SSSR count). The van der Waals surface area contributed by atoms with Crippen LogP contribution in [0.25, 0.3) is 0 Å². The minimum Gasteiger partial charge on any atom is -0.247 e. The second-order valence-corrected chi connectivity index (χ2v) is 12.7. The van der Waals surface area contributed by atoms with E-state index in [9.17, 15) is 14.4 Å². The fourth-order valence-corrected chi connectivity index (χ4v) is 3.39. The number of alkyl halides is 3. The average molecular weight is 584 g/mol. The Morgan fingerprint density at radius 2 is 1.41 bits per heavy atom. The van der Waals surface area contributed by atoms with Crippen LogP contribution < -0.4 is 17.1 Å². The number of aromatic nitrogens is 3. The van der Waals surface area contributed by atoms with E-state index in [1.165, 1.54) is 12.2 Å². The summed E-state index contributed by atoms with van der Waals surface area (Å²) in [5.74, 6) is 0. The number of hydrogen-bond donors (Lipinski definition) is 0. The van der Waals surface area contributed by atoms with Crippen molar-refractivity contribution >= 4 is 59.4 Å². The lowest BCUT2D eigenvalue weighted by atomic mass is 10.1. The van der Waals surface area contributed by atoms with Gasteiger partial charge in [0.1, 0.15) is 0 Å². The summed E-state index contributed by atoms with van der Waals surface area (Å²) in [7, 11) is 0. The van der Waals surface area contributed by atoms with E-state index in [-0.39, 0.29) is 19.6 Å². The van der Waals surface area contributed by atoms with E-state index in [4.69, 9.17) is 11.6 Å². The molecule has 0 bridgehead atoms. The molecule has 0 aliphatic rings. The number of halogens is 4. The molecule has 0 saturated heterocycles. The van der Waals surface area contributed by atoms with E-state index in [1.807, 2.05) is 0 Å². The molecule has 0 aliphatic carbocycles. The highest BCUT2D eigenvalue weighted by atomic mass is 80.0. The predicted octanol–water partition coefficient (Wildman–Crippen LogP) is 3.54. The maximum atomic E-state index is 12.7. The Bertz CT molecular complexity index is 1020. The predicted molar refractivity (Wildman–Crippen MR) is 119 cm³/mol. The van der Waals surface area contributed by atoms with Gasteiger partial charge in [0.15, 0.2) is 2.14 Å². The second-order valence-electron chi connectivity index (χ2n) is 5.54. The summed E-state index contributed by atoms with van der Waals surface area (Å²) in [6.45, 7) is 6.99. The lowest BCUT2D eigenvalue weighted by Gasteiger charge is -2.16. The summed E-state index contributed by atoms with van der Waals surface area (Å²) in [5.41, 5.74) is -0.790. The normalized spacial score (nSPS) is 11.4. The van der Waals surface area contributed by atoms with Crippen molar-refractivity contribution in [2.75, 3.05) is 0 Å². The SMILES string of the molecule is C=CCn1c(=O)n(CC=C)c(=O)n(Cc2ccc(C(Br)(Br)Br)cc2Cl)c1=O. The third-order valence-corrected chi connectivity index (χ3v) is 5.44. The minimum absolute atomic E-state index is 0.0129. The number of allylic oxidation sites excluding steroid dienone is 2. The third-order valence-electron chi connectivity index (χ3n) is 3.72. The maximum Gasteiger partial charge on any atom is 0.336 e. The Labute approximate surface area is 185 Å². The van der Waals surface area contributed by atoms with Crippen LogP contribution in [0.2, 0.25) is 5.02 Å². The van der Waals surface area contributed by atoms with Gasteiger partial charge < -0.3 is 0 Å². The van der Waals surface area contributed by atoms with Gasteiger partial charge in [0, 0.05) is 5.02 Å². The van der Waals surface area contributed by atoms with Crippen molar-refractivity contribution in [2.24, 2.45) is 0 Å². The molecule has 2 aromatic rings. The van der Waals surface area contributed by atoms with E-state index in [2.05, 4.69) is 60.9 Å². The fraction of sp³-hybridized carbons (Fsp3) is 0.235. The lowest BCUT2D eigenvalue weighted by Crippen LogP contribution is -2.54. The molecule has 0 amide bonds. The van der Waals surface area contributed by atoms with Crippen molar-refractivity contribution < 1.29 is 0 Å². The van der Waals surface area contributed by atoms with Crippen LogP contribution in [0.4, 0.5) is 0 Å². The molecule has 6 nitrogen and oxygen atoms in total. The molecule has 0 spiro atoms. The van der Waals surface area contributed by atoms with Gasteiger partial charge in [-0.25, -0.2) is 28.1 Å². The van der Waals surface area contributed by atoms with Crippen molar-refractivity contribution in [1.82, 2.24) is 13.7 Å². The van der Waals surface area contributed by atoms with Crippen molar-refractivity contribution in [1.29, 1.82) is 0 Å². The first kappa shape index (κ1) is 22.1. The molecule has 1 aromatic heterocycles. The number of rotatable bonds is 6. The number of nitrogens with zero attached hydrogens (tertiary/aromatic N) is 3. The van der Waals surface area contributed by atoms with E-state index in [0.29, 0.717) is 10.6 Å². The summed E-state index contributed by atoms with van der Waals surface area (Å²) < 4.78 is 2.22. The van der Waals surface area contributed by atoms with Crippen molar-refractivity contribution in [2.45, 2.75) is 21.8 Å². The Balaban J connectivity index is 2.64. The van der Waals surface area contributed by atoms with Gasteiger partial charge in [-0.15, -0.1) is 13.2 Å². The quantitative estimate of drug-likeness (QED) is 0.386. The van der Waals surface area contributed by atoms with Gasteiger partial charge in [-0.3, -0.25) is 0 Å². The highest BCUT2D eigenvalue weighted by Crippen LogP contribution is 2.45. The van der Waals surface area contributed by atoms with Crippen LogP contribution in [0, 0.1) is 0 Å². The molecule has 144 valence electrons. The van der Waals surface area contributed by atoms with Crippen LogP contribution in [0.1, 0.15) is 11.1 Å². The van der Waals surface area contributed by atoms with E-state index in [0.717, 1.165) is 19.3 Å².